The summed E-state index contributed by atoms with van der Waals surface area (Å²) in [5.74, 6) is 0.621. The van der Waals surface area contributed by atoms with Crippen molar-refractivity contribution in [1.29, 1.82) is 5.26 Å². The number of aromatic nitrogens is 3. The van der Waals surface area contributed by atoms with E-state index in [4.69, 9.17) is 0 Å². The van der Waals surface area contributed by atoms with Crippen molar-refractivity contribution in [2.24, 2.45) is 0 Å². The van der Waals surface area contributed by atoms with Crippen LogP contribution in [0.5, 0.6) is 0 Å². The molecule has 0 spiro atoms. The Morgan fingerprint density at radius 1 is 1.20 bits per heavy atom. The number of benzene rings is 1. The number of rotatable bonds is 6. The fourth-order valence-corrected chi connectivity index (χ4v) is 5.26. The van der Waals surface area contributed by atoms with E-state index >= 15 is 0 Å². The smallest absolute Gasteiger partial charge is 0.234 e. The molecule has 0 bridgehead atoms. The Morgan fingerprint density at radius 3 is 2.63 bits per heavy atom. The monoisotopic (exact) mass is 437 g/mol. The molecule has 0 saturated heterocycles. The van der Waals surface area contributed by atoms with Gasteiger partial charge in [-0.25, -0.2) is 0 Å². The zero-order chi connectivity index (χ0) is 21.0. The Labute approximate surface area is 184 Å². The quantitative estimate of drug-likeness (QED) is 0.559. The van der Waals surface area contributed by atoms with E-state index in [1.807, 2.05) is 59.3 Å². The van der Waals surface area contributed by atoms with Crippen molar-refractivity contribution in [2.75, 3.05) is 0 Å². The second kappa shape index (κ2) is 9.02. The van der Waals surface area contributed by atoms with E-state index < -0.39 is 10.8 Å². The molecule has 6 nitrogen and oxygen atoms in total. The minimum atomic E-state index is -0.737. The maximum absolute atomic E-state index is 12.9. The molecule has 1 fully saturated rings. The summed E-state index contributed by atoms with van der Waals surface area (Å²) in [4.78, 5) is 13.9. The summed E-state index contributed by atoms with van der Waals surface area (Å²) in [6.07, 6.45) is 4.50. The number of hydrogen-bond donors (Lipinski definition) is 1. The molecule has 1 amide bonds. The molecule has 154 valence electrons. The third-order valence-corrected chi connectivity index (χ3v) is 7.23. The number of nitrogens with one attached hydrogen (secondary N) is 1. The fourth-order valence-electron chi connectivity index (χ4n) is 3.69. The predicted molar refractivity (Wildman–Crippen MR) is 120 cm³/mol. The van der Waals surface area contributed by atoms with E-state index in [-0.39, 0.29) is 5.91 Å². The van der Waals surface area contributed by atoms with Crippen LogP contribution in [0.4, 0.5) is 0 Å². The number of nitriles is 1. The van der Waals surface area contributed by atoms with Gasteiger partial charge in [-0.05, 0) is 43.3 Å². The Balaban J connectivity index is 1.58. The summed E-state index contributed by atoms with van der Waals surface area (Å²) >= 11 is 2.96. The van der Waals surface area contributed by atoms with Crippen LogP contribution in [0.2, 0.25) is 0 Å². The van der Waals surface area contributed by atoms with Gasteiger partial charge in [0.25, 0.3) is 0 Å². The van der Waals surface area contributed by atoms with Gasteiger partial charge in [0, 0.05) is 5.69 Å². The minimum Gasteiger partial charge on any atom is -0.337 e. The summed E-state index contributed by atoms with van der Waals surface area (Å²) in [7, 11) is 0. The van der Waals surface area contributed by atoms with Gasteiger partial charge in [-0.3, -0.25) is 9.36 Å². The molecule has 4 rings (SSSR count). The molecule has 30 heavy (non-hydrogen) atoms. The molecule has 1 aromatic carbocycles. The number of thioether (sulfide) groups is 1. The molecule has 0 radical (unpaired) electrons. The average Bonchev–Trinajstić information content (AvgIpc) is 3.45. The minimum absolute atomic E-state index is 0.135. The van der Waals surface area contributed by atoms with E-state index in [1.54, 1.807) is 11.3 Å². The zero-order valence-corrected chi connectivity index (χ0v) is 18.4. The molecule has 0 aliphatic heterocycles. The number of thiophene rings is 1. The second-order valence-electron chi connectivity index (χ2n) is 7.46. The molecule has 1 saturated carbocycles. The first-order valence-electron chi connectivity index (χ1n) is 10.1. The highest BCUT2D eigenvalue weighted by molar-refractivity contribution is 8.00. The van der Waals surface area contributed by atoms with Gasteiger partial charge in [-0.1, -0.05) is 55.3 Å². The molecular formula is C22H23N5OS2. The van der Waals surface area contributed by atoms with Crippen molar-refractivity contribution < 1.29 is 4.79 Å². The fraction of sp³-hybridized carbons (Fsp3) is 0.364. The highest BCUT2D eigenvalue weighted by Gasteiger charge is 2.35. The molecule has 3 aromatic rings. The lowest BCUT2D eigenvalue weighted by Gasteiger charge is -2.32. The first kappa shape index (κ1) is 20.6. The van der Waals surface area contributed by atoms with E-state index in [1.165, 1.54) is 11.8 Å². The summed E-state index contributed by atoms with van der Waals surface area (Å²) < 4.78 is 1.99. The third kappa shape index (κ3) is 4.27. The van der Waals surface area contributed by atoms with Crippen LogP contribution in [0.3, 0.4) is 0 Å². The topological polar surface area (TPSA) is 83.6 Å². The Bertz CT molecular complexity index is 1030. The standard InChI is InChI=1S/C22H23N5OS2/c1-16(20(28)24-22(15-23)12-6-3-7-13-22)30-21-26-25-19(18-11-8-14-29-18)27(21)17-9-4-2-5-10-17/h2,4-5,8-11,14,16H,3,6-7,12-13H2,1H3,(H,24,28)/t16-/m0/s1. The predicted octanol–water partition coefficient (Wildman–Crippen LogP) is 4.82. The number of para-hydroxylation sites is 1. The van der Waals surface area contributed by atoms with E-state index in [0.717, 1.165) is 48.5 Å². The van der Waals surface area contributed by atoms with Gasteiger partial charge in [0.05, 0.1) is 16.2 Å². The highest BCUT2D eigenvalue weighted by Crippen LogP contribution is 2.33. The Kier molecular flexibility index (Phi) is 6.21. The van der Waals surface area contributed by atoms with Crippen LogP contribution in [0.15, 0.2) is 53.0 Å². The zero-order valence-electron chi connectivity index (χ0n) is 16.7. The average molecular weight is 438 g/mol. The van der Waals surface area contributed by atoms with E-state index in [9.17, 15) is 10.1 Å². The molecular weight excluding hydrogens is 414 g/mol. The van der Waals surface area contributed by atoms with Crippen LogP contribution in [0.1, 0.15) is 39.0 Å². The highest BCUT2D eigenvalue weighted by atomic mass is 32.2. The number of carbonyl (C=O) groups excluding carboxylic acids is 1. The van der Waals surface area contributed by atoms with Crippen LogP contribution >= 0.6 is 23.1 Å². The van der Waals surface area contributed by atoms with Crippen molar-refractivity contribution in [3.8, 4) is 22.5 Å². The van der Waals surface area contributed by atoms with Gasteiger partial charge in [0.1, 0.15) is 5.54 Å². The van der Waals surface area contributed by atoms with E-state index in [0.29, 0.717) is 5.16 Å². The van der Waals surface area contributed by atoms with Crippen LogP contribution in [-0.4, -0.2) is 31.5 Å². The van der Waals surface area contributed by atoms with E-state index in [2.05, 4.69) is 21.6 Å². The molecule has 1 atom stereocenters. The molecule has 1 aliphatic carbocycles. The molecule has 0 unspecified atom stereocenters. The van der Waals surface area contributed by atoms with Gasteiger partial charge >= 0.3 is 0 Å². The number of carbonyl (C=O) groups is 1. The molecule has 1 aliphatic rings. The SMILES string of the molecule is C[C@H](Sc1nnc(-c2cccs2)n1-c1ccccc1)C(=O)NC1(C#N)CCCCC1. The van der Waals surface area contributed by atoms with Crippen molar-refractivity contribution in [3.63, 3.8) is 0 Å². The lowest BCUT2D eigenvalue weighted by Crippen LogP contribution is -2.50. The summed E-state index contributed by atoms with van der Waals surface area (Å²) in [5.41, 5.74) is 0.209. The van der Waals surface area contributed by atoms with Crippen molar-refractivity contribution in [3.05, 3.63) is 47.8 Å². The molecule has 2 heterocycles. The number of amides is 1. The van der Waals surface area contributed by atoms with Crippen LogP contribution < -0.4 is 5.32 Å². The van der Waals surface area contributed by atoms with Crippen molar-refractivity contribution in [2.45, 2.75) is 55.0 Å². The summed E-state index contributed by atoms with van der Waals surface area (Å²) in [6, 6.07) is 16.3. The van der Waals surface area contributed by atoms with Crippen LogP contribution in [0.25, 0.3) is 16.4 Å². The molecule has 2 aromatic heterocycles. The Hall–Kier alpha value is -2.63. The number of nitrogens with zero attached hydrogens (tertiary/aromatic N) is 4. The number of hydrogen-bond acceptors (Lipinski definition) is 6. The summed E-state index contributed by atoms with van der Waals surface area (Å²) in [5, 5.41) is 23.7. The van der Waals surface area contributed by atoms with Gasteiger partial charge in [-0.2, -0.15) is 5.26 Å². The molecule has 1 N–H and O–H groups in total. The van der Waals surface area contributed by atoms with Crippen molar-refractivity contribution in [1.82, 2.24) is 20.1 Å². The largest absolute Gasteiger partial charge is 0.337 e. The maximum atomic E-state index is 12.9. The van der Waals surface area contributed by atoms with Crippen LogP contribution in [0, 0.1) is 11.3 Å². The van der Waals surface area contributed by atoms with Gasteiger partial charge < -0.3 is 5.32 Å². The molecule has 8 heteroatoms. The van der Waals surface area contributed by atoms with Crippen LogP contribution in [-0.2, 0) is 4.79 Å². The lowest BCUT2D eigenvalue weighted by atomic mass is 9.83. The first-order chi connectivity index (χ1) is 14.6. The van der Waals surface area contributed by atoms with Crippen molar-refractivity contribution >= 4 is 29.0 Å². The maximum Gasteiger partial charge on any atom is 0.234 e. The second-order valence-corrected chi connectivity index (χ2v) is 9.71. The lowest BCUT2D eigenvalue weighted by molar-refractivity contribution is -0.121. The third-order valence-electron chi connectivity index (χ3n) is 5.32. The van der Waals surface area contributed by atoms with Gasteiger partial charge in [0.15, 0.2) is 11.0 Å². The first-order valence-corrected chi connectivity index (χ1v) is 11.8. The van der Waals surface area contributed by atoms with Gasteiger partial charge in [-0.15, -0.1) is 21.5 Å². The normalized spacial score (nSPS) is 16.5. The Morgan fingerprint density at radius 2 is 1.97 bits per heavy atom. The summed E-state index contributed by atoms with van der Waals surface area (Å²) in [6.45, 7) is 1.85. The van der Waals surface area contributed by atoms with Gasteiger partial charge in [0.2, 0.25) is 5.91 Å².